The molecule has 0 aromatic rings. The molecule has 0 amide bonds. The lowest BCUT2D eigenvalue weighted by atomic mass is 9.56. The van der Waals surface area contributed by atoms with Gasteiger partial charge in [0.1, 0.15) is 0 Å². The Morgan fingerprint density at radius 2 is 1.75 bits per heavy atom. The van der Waals surface area contributed by atoms with Crippen molar-refractivity contribution in [2.24, 2.45) is 10.8 Å². The third-order valence-corrected chi connectivity index (χ3v) is 3.87. The standard InChI is InChI=1S/C11H17N/c1-10(4-2-5-10)8-11(9-12)6-3-7-11/h2-8H2,1H3. The normalized spacial score (nSPS) is 29.7. The van der Waals surface area contributed by atoms with Crippen LogP contribution in [0.5, 0.6) is 0 Å². The molecule has 2 aliphatic carbocycles. The van der Waals surface area contributed by atoms with Gasteiger partial charge in [-0.3, -0.25) is 0 Å². The van der Waals surface area contributed by atoms with Crippen LogP contribution in [-0.2, 0) is 0 Å². The Bertz CT molecular complexity index is 216. The second-order valence-electron chi connectivity index (χ2n) is 5.09. The van der Waals surface area contributed by atoms with Gasteiger partial charge in [-0.05, 0) is 37.5 Å². The lowest BCUT2D eigenvalue weighted by Gasteiger charge is -2.47. The number of nitrogens with zero attached hydrogens (tertiary/aromatic N) is 1. The summed E-state index contributed by atoms with van der Waals surface area (Å²) in [6, 6.07) is 2.54. The summed E-state index contributed by atoms with van der Waals surface area (Å²) in [5.41, 5.74) is 0.644. The molecule has 0 heterocycles. The monoisotopic (exact) mass is 163 g/mol. The van der Waals surface area contributed by atoms with E-state index in [1.807, 2.05) is 0 Å². The molecule has 2 aliphatic rings. The van der Waals surface area contributed by atoms with Crippen LogP contribution in [0.15, 0.2) is 0 Å². The lowest BCUT2D eigenvalue weighted by Crippen LogP contribution is -2.37. The number of nitriles is 1. The van der Waals surface area contributed by atoms with E-state index >= 15 is 0 Å². The van der Waals surface area contributed by atoms with Gasteiger partial charge >= 0.3 is 0 Å². The zero-order valence-corrected chi connectivity index (χ0v) is 7.90. The molecule has 0 N–H and O–H groups in total. The highest BCUT2D eigenvalue weighted by Gasteiger charge is 2.45. The van der Waals surface area contributed by atoms with Gasteiger partial charge in [0.2, 0.25) is 0 Å². The molecule has 1 nitrogen and oxygen atoms in total. The quantitative estimate of drug-likeness (QED) is 0.613. The minimum Gasteiger partial charge on any atom is -0.198 e. The fraction of sp³-hybridized carbons (Fsp3) is 0.909. The highest BCUT2D eigenvalue weighted by molar-refractivity contribution is 5.08. The first-order valence-corrected chi connectivity index (χ1v) is 5.09. The molecule has 0 aromatic carbocycles. The topological polar surface area (TPSA) is 23.8 Å². The van der Waals surface area contributed by atoms with E-state index in [0.29, 0.717) is 5.41 Å². The SMILES string of the molecule is CC1(CC2(C#N)CCC2)CCC1. The van der Waals surface area contributed by atoms with Crippen molar-refractivity contribution in [2.45, 2.75) is 51.9 Å². The van der Waals surface area contributed by atoms with E-state index in [0.717, 1.165) is 0 Å². The van der Waals surface area contributed by atoms with Gasteiger partial charge in [0.25, 0.3) is 0 Å². The number of rotatable bonds is 2. The molecule has 66 valence electrons. The summed E-state index contributed by atoms with van der Waals surface area (Å²) < 4.78 is 0. The Labute approximate surface area is 74.8 Å². The van der Waals surface area contributed by atoms with Gasteiger partial charge in [-0.2, -0.15) is 5.26 Å². The molecular formula is C11H17N. The molecule has 0 aromatic heterocycles. The fourth-order valence-electron chi connectivity index (χ4n) is 2.71. The van der Waals surface area contributed by atoms with Crippen molar-refractivity contribution in [2.75, 3.05) is 0 Å². The Kier molecular flexibility index (Phi) is 1.68. The Morgan fingerprint density at radius 3 is 2.00 bits per heavy atom. The van der Waals surface area contributed by atoms with Crippen LogP contribution in [0.4, 0.5) is 0 Å². The van der Waals surface area contributed by atoms with Crippen LogP contribution in [0.2, 0.25) is 0 Å². The summed E-state index contributed by atoms with van der Waals surface area (Å²) in [6.07, 6.45) is 8.89. The number of hydrogen-bond donors (Lipinski definition) is 0. The van der Waals surface area contributed by atoms with Crippen molar-refractivity contribution < 1.29 is 0 Å². The maximum absolute atomic E-state index is 9.07. The molecular weight excluding hydrogens is 146 g/mol. The van der Waals surface area contributed by atoms with E-state index < -0.39 is 0 Å². The van der Waals surface area contributed by atoms with Crippen molar-refractivity contribution in [3.63, 3.8) is 0 Å². The summed E-state index contributed by atoms with van der Waals surface area (Å²) >= 11 is 0. The highest BCUT2D eigenvalue weighted by Crippen LogP contribution is 2.54. The summed E-state index contributed by atoms with van der Waals surface area (Å²) in [5.74, 6) is 0. The van der Waals surface area contributed by atoms with Gasteiger partial charge < -0.3 is 0 Å². The Morgan fingerprint density at radius 1 is 1.17 bits per heavy atom. The summed E-state index contributed by atoms with van der Waals surface area (Å²) in [4.78, 5) is 0. The Balaban J connectivity index is 1.97. The van der Waals surface area contributed by atoms with Gasteiger partial charge in [-0.1, -0.05) is 19.8 Å². The largest absolute Gasteiger partial charge is 0.198 e. The molecule has 0 saturated heterocycles. The average molecular weight is 163 g/mol. The summed E-state index contributed by atoms with van der Waals surface area (Å²) in [7, 11) is 0. The van der Waals surface area contributed by atoms with Crippen LogP contribution in [0, 0.1) is 22.2 Å². The molecule has 2 rings (SSSR count). The van der Waals surface area contributed by atoms with Crippen molar-refractivity contribution in [3.8, 4) is 6.07 Å². The molecule has 2 saturated carbocycles. The van der Waals surface area contributed by atoms with E-state index in [-0.39, 0.29) is 5.41 Å². The van der Waals surface area contributed by atoms with Gasteiger partial charge in [-0.15, -0.1) is 0 Å². The van der Waals surface area contributed by atoms with Crippen LogP contribution < -0.4 is 0 Å². The first-order valence-electron chi connectivity index (χ1n) is 5.09. The van der Waals surface area contributed by atoms with Crippen LogP contribution >= 0.6 is 0 Å². The predicted molar refractivity (Wildman–Crippen MR) is 48.5 cm³/mol. The second-order valence-corrected chi connectivity index (χ2v) is 5.09. The van der Waals surface area contributed by atoms with Gasteiger partial charge in [0.15, 0.2) is 0 Å². The van der Waals surface area contributed by atoms with Crippen molar-refractivity contribution in [3.05, 3.63) is 0 Å². The second kappa shape index (κ2) is 2.49. The van der Waals surface area contributed by atoms with E-state index in [1.54, 1.807) is 0 Å². The molecule has 2 fully saturated rings. The molecule has 0 bridgehead atoms. The molecule has 0 unspecified atom stereocenters. The third-order valence-electron chi connectivity index (χ3n) is 3.87. The first-order chi connectivity index (χ1) is 5.68. The summed E-state index contributed by atoms with van der Waals surface area (Å²) in [5, 5.41) is 9.07. The maximum atomic E-state index is 9.07. The molecule has 0 atom stereocenters. The molecule has 1 heteroatoms. The van der Waals surface area contributed by atoms with Crippen molar-refractivity contribution in [1.82, 2.24) is 0 Å². The minimum absolute atomic E-state index is 0.106. The van der Waals surface area contributed by atoms with Gasteiger partial charge in [-0.25, -0.2) is 0 Å². The highest BCUT2D eigenvalue weighted by atomic mass is 14.5. The lowest BCUT2D eigenvalue weighted by molar-refractivity contribution is 0.0515. The first kappa shape index (κ1) is 8.10. The molecule has 0 radical (unpaired) electrons. The molecule has 12 heavy (non-hydrogen) atoms. The van der Waals surface area contributed by atoms with Crippen molar-refractivity contribution in [1.29, 1.82) is 5.26 Å². The van der Waals surface area contributed by atoms with Crippen LogP contribution in [-0.4, -0.2) is 0 Å². The smallest absolute Gasteiger partial charge is 0.0689 e. The van der Waals surface area contributed by atoms with Crippen LogP contribution in [0.1, 0.15) is 51.9 Å². The molecule has 0 spiro atoms. The number of hydrogen-bond acceptors (Lipinski definition) is 1. The predicted octanol–water partition coefficient (Wildman–Crippen LogP) is 3.26. The molecule has 0 aliphatic heterocycles. The van der Waals surface area contributed by atoms with Crippen LogP contribution in [0.25, 0.3) is 0 Å². The maximum Gasteiger partial charge on any atom is 0.0689 e. The zero-order valence-electron chi connectivity index (χ0n) is 7.90. The van der Waals surface area contributed by atoms with E-state index in [9.17, 15) is 0 Å². The average Bonchev–Trinajstić information content (AvgIpc) is 1.93. The van der Waals surface area contributed by atoms with E-state index in [2.05, 4.69) is 13.0 Å². The Hall–Kier alpha value is -0.510. The van der Waals surface area contributed by atoms with Crippen molar-refractivity contribution >= 4 is 0 Å². The van der Waals surface area contributed by atoms with E-state index in [4.69, 9.17) is 5.26 Å². The van der Waals surface area contributed by atoms with Gasteiger partial charge in [0.05, 0.1) is 11.5 Å². The van der Waals surface area contributed by atoms with Crippen LogP contribution in [0.3, 0.4) is 0 Å². The third kappa shape index (κ3) is 1.14. The fourth-order valence-corrected chi connectivity index (χ4v) is 2.71. The van der Waals surface area contributed by atoms with Gasteiger partial charge in [0, 0.05) is 0 Å². The zero-order chi connectivity index (χ0) is 8.66. The van der Waals surface area contributed by atoms with E-state index in [1.165, 1.54) is 44.9 Å². The summed E-state index contributed by atoms with van der Waals surface area (Å²) in [6.45, 7) is 2.36. The minimum atomic E-state index is 0.106.